The normalized spacial score (nSPS) is 9.43. The summed E-state index contributed by atoms with van der Waals surface area (Å²) < 4.78 is 1.26. The van der Waals surface area contributed by atoms with Gasteiger partial charge in [0.25, 0.3) is 0 Å². The number of carbonyl (C=O) groups is 2. The Morgan fingerprint density at radius 1 is 1.36 bits per heavy atom. The lowest BCUT2D eigenvalue weighted by molar-refractivity contribution is 0.194. The molecular formula is C7H10N4O3. The van der Waals surface area contributed by atoms with Crippen LogP contribution in [0.2, 0.25) is 0 Å². The second kappa shape index (κ2) is 4.85. The molecule has 0 saturated carbocycles. The summed E-state index contributed by atoms with van der Waals surface area (Å²) in [5.41, 5.74) is 0. The second-order valence-electron chi connectivity index (χ2n) is 2.43. The molecule has 0 saturated heterocycles. The van der Waals surface area contributed by atoms with Crippen molar-refractivity contribution >= 4 is 12.1 Å². The number of carboxylic acid groups (broad SMARTS) is 1. The molecule has 2 amide bonds. The van der Waals surface area contributed by atoms with Gasteiger partial charge in [0, 0.05) is 25.5 Å². The Morgan fingerprint density at radius 3 is 2.64 bits per heavy atom. The zero-order chi connectivity index (χ0) is 10.4. The number of aromatic nitrogens is 2. The molecule has 0 spiro atoms. The first-order valence-corrected chi connectivity index (χ1v) is 3.93. The van der Waals surface area contributed by atoms with Crippen LogP contribution in [0, 0.1) is 0 Å². The topological polar surface area (TPSA) is 96.3 Å². The van der Waals surface area contributed by atoms with E-state index in [0.29, 0.717) is 0 Å². The van der Waals surface area contributed by atoms with E-state index in [0.717, 1.165) is 0 Å². The van der Waals surface area contributed by atoms with Crippen LogP contribution in [0.3, 0.4) is 0 Å². The fourth-order valence-corrected chi connectivity index (χ4v) is 0.809. The maximum absolute atomic E-state index is 11.2. The first kappa shape index (κ1) is 10.0. The lowest BCUT2D eigenvalue weighted by Crippen LogP contribution is -2.35. The molecule has 0 aliphatic carbocycles. The number of nitrogens with one attached hydrogen (secondary N) is 2. The minimum atomic E-state index is -1.11. The van der Waals surface area contributed by atoms with Gasteiger partial charge in [0.05, 0.1) is 0 Å². The van der Waals surface area contributed by atoms with E-state index in [1.54, 1.807) is 0 Å². The molecule has 76 valence electrons. The second-order valence-corrected chi connectivity index (χ2v) is 2.43. The van der Waals surface area contributed by atoms with Crippen molar-refractivity contribution in [1.82, 2.24) is 20.2 Å². The average Bonchev–Trinajstić information content (AvgIpc) is 2.64. The van der Waals surface area contributed by atoms with Crippen LogP contribution in [-0.2, 0) is 0 Å². The molecule has 0 unspecified atom stereocenters. The van der Waals surface area contributed by atoms with Crippen LogP contribution < -0.4 is 10.6 Å². The van der Waals surface area contributed by atoms with Crippen LogP contribution in [0.4, 0.5) is 9.59 Å². The van der Waals surface area contributed by atoms with Gasteiger partial charge in [-0.3, -0.25) is 4.57 Å². The third-order valence-electron chi connectivity index (χ3n) is 1.42. The number of imidazole rings is 1. The van der Waals surface area contributed by atoms with Crippen LogP contribution in [0.25, 0.3) is 0 Å². The van der Waals surface area contributed by atoms with Gasteiger partial charge < -0.3 is 15.7 Å². The highest BCUT2D eigenvalue weighted by Crippen LogP contribution is 1.83. The fourth-order valence-electron chi connectivity index (χ4n) is 0.809. The van der Waals surface area contributed by atoms with Crippen molar-refractivity contribution < 1.29 is 14.7 Å². The molecule has 1 aromatic rings. The summed E-state index contributed by atoms with van der Waals surface area (Å²) in [7, 11) is 0. The summed E-state index contributed by atoms with van der Waals surface area (Å²) in [6.45, 7) is 0.416. The molecule has 7 nitrogen and oxygen atoms in total. The molecule has 0 fully saturated rings. The highest BCUT2D eigenvalue weighted by Gasteiger charge is 2.01. The molecule has 0 aromatic carbocycles. The number of hydrogen-bond acceptors (Lipinski definition) is 3. The van der Waals surface area contributed by atoms with Crippen molar-refractivity contribution in [2.45, 2.75) is 0 Å². The summed E-state index contributed by atoms with van der Waals surface area (Å²) in [4.78, 5) is 24.9. The summed E-state index contributed by atoms with van der Waals surface area (Å²) in [6, 6.07) is -0.338. The Balaban J connectivity index is 2.19. The Kier molecular flexibility index (Phi) is 3.48. The first-order chi connectivity index (χ1) is 6.70. The molecule has 0 aliphatic heterocycles. The molecule has 0 radical (unpaired) electrons. The monoisotopic (exact) mass is 198 g/mol. The fraction of sp³-hybridized carbons (Fsp3) is 0.286. The zero-order valence-electron chi connectivity index (χ0n) is 7.30. The Hall–Kier alpha value is -2.05. The summed E-state index contributed by atoms with van der Waals surface area (Å²) in [5.74, 6) is 0. The van der Waals surface area contributed by atoms with Crippen molar-refractivity contribution in [3.05, 3.63) is 18.7 Å². The van der Waals surface area contributed by atoms with Crippen LogP contribution in [-0.4, -0.2) is 39.9 Å². The van der Waals surface area contributed by atoms with Crippen LogP contribution >= 0.6 is 0 Å². The molecule has 0 atom stereocenters. The third-order valence-corrected chi connectivity index (χ3v) is 1.42. The van der Waals surface area contributed by atoms with Crippen LogP contribution in [0.1, 0.15) is 0 Å². The van der Waals surface area contributed by atoms with E-state index >= 15 is 0 Å². The molecular weight excluding hydrogens is 188 g/mol. The lowest BCUT2D eigenvalue weighted by Gasteiger charge is -2.04. The van der Waals surface area contributed by atoms with E-state index < -0.39 is 6.09 Å². The van der Waals surface area contributed by atoms with Gasteiger partial charge in [-0.25, -0.2) is 14.6 Å². The number of nitrogens with zero attached hydrogens (tertiary/aromatic N) is 2. The summed E-state index contributed by atoms with van der Waals surface area (Å²) in [6.07, 6.45) is 3.23. The number of carbonyl (C=O) groups excluding carboxylic acids is 1. The largest absolute Gasteiger partial charge is 0.465 e. The van der Waals surface area contributed by atoms with Gasteiger partial charge in [0.2, 0.25) is 0 Å². The molecule has 1 rings (SSSR count). The SMILES string of the molecule is O=C(O)NCCNC(=O)n1ccnc1. The molecule has 0 bridgehead atoms. The van der Waals surface area contributed by atoms with Crippen molar-refractivity contribution in [3.63, 3.8) is 0 Å². The van der Waals surface area contributed by atoms with E-state index in [-0.39, 0.29) is 19.1 Å². The van der Waals surface area contributed by atoms with E-state index in [1.807, 2.05) is 0 Å². The zero-order valence-corrected chi connectivity index (χ0v) is 7.30. The van der Waals surface area contributed by atoms with Crippen LogP contribution in [0.15, 0.2) is 18.7 Å². The van der Waals surface area contributed by atoms with E-state index in [9.17, 15) is 9.59 Å². The van der Waals surface area contributed by atoms with Crippen molar-refractivity contribution in [1.29, 1.82) is 0 Å². The standard InChI is InChI=1S/C7H10N4O3/c12-6(11-4-3-8-5-11)9-1-2-10-7(13)14/h3-5,10H,1-2H2,(H,9,12)(H,13,14). The Morgan fingerprint density at radius 2 is 2.07 bits per heavy atom. The van der Waals surface area contributed by atoms with Gasteiger partial charge in [-0.05, 0) is 0 Å². The summed E-state index contributed by atoms with van der Waals surface area (Å²) in [5, 5.41) is 12.8. The van der Waals surface area contributed by atoms with Crippen molar-refractivity contribution in [2.75, 3.05) is 13.1 Å². The van der Waals surface area contributed by atoms with Gasteiger partial charge in [-0.1, -0.05) is 0 Å². The van der Waals surface area contributed by atoms with Crippen molar-refractivity contribution in [2.24, 2.45) is 0 Å². The van der Waals surface area contributed by atoms with Crippen LogP contribution in [0.5, 0.6) is 0 Å². The predicted molar refractivity (Wildman–Crippen MR) is 47.1 cm³/mol. The van der Waals surface area contributed by atoms with Gasteiger partial charge in [-0.15, -0.1) is 0 Å². The molecule has 1 heterocycles. The van der Waals surface area contributed by atoms with E-state index in [2.05, 4.69) is 15.6 Å². The van der Waals surface area contributed by atoms with Crippen molar-refractivity contribution in [3.8, 4) is 0 Å². The third kappa shape index (κ3) is 3.13. The average molecular weight is 198 g/mol. The van der Waals surface area contributed by atoms with Gasteiger partial charge in [0.15, 0.2) is 0 Å². The highest BCUT2D eigenvalue weighted by molar-refractivity contribution is 5.76. The van der Waals surface area contributed by atoms with E-state index in [4.69, 9.17) is 5.11 Å². The molecule has 0 aliphatic rings. The first-order valence-electron chi connectivity index (χ1n) is 3.93. The highest BCUT2D eigenvalue weighted by atomic mass is 16.4. The Bertz CT molecular complexity index is 309. The number of rotatable bonds is 3. The maximum Gasteiger partial charge on any atom is 0.404 e. The summed E-state index contributed by atoms with van der Waals surface area (Å²) >= 11 is 0. The van der Waals surface area contributed by atoms with Gasteiger partial charge >= 0.3 is 12.1 Å². The maximum atomic E-state index is 11.2. The molecule has 14 heavy (non-hydrogen) atoms. The Labute approximate surface area is 79.7 Å². The smallest absolute Gasteiger partial charge is 0.404 e. The molecule has 7 heteroatoms. The quantitative estimate of drug-likeness (QED) is 0.581. The predicted octanol–water partition coefficient (Wildman–Crippen LogP) is -0.292. The minimum Gasteiger partial charge on any atom is -0.465 e. The lowest BCUT2D eigenvalue weighted by atomic mass is 10.6. The van der Waals surface area contributed by atoms with Gasteiger partial charge in [-0.2, -0.15) is 0 Å². The number of amides is 2. The van der Waals surface area contributed by atoms with Gasteiger partial charge in [0.1, 0.15) is 6.33 Å². The molecule has 1 aromatic heterocycles. The molecule has 3 N–H and O–H groups in total. The van der Waals surface area contributed by atoms with E-state index in [1.165, 1.54) is 23.3 Å². The number of hydrogen-bond donors (Lipinski definition) is 3. The minimum absolute atomic E-state index is 0.176.